The SMILES string of the molecule is COC1CCC(C2NCCOC23COC3)CC1. The number of nitrogens with one attached hydrogen (secondary N) is 1. The van der Waals surface area contributed by atoms with E-state index in [9.17, 15) is 0 Å². The van der Waals surface area contributed by atoms with Gasteiger partial charge < -0.3 is 19.5 Å². The maximum absolute atomic E-state index is 6.00. The molecule has 1 aliphatic carbocycles. The number of rotatable bonds is 2. The molecule has 0 aromatic rings. The molecule has 0 bridgehead atoms. The molecule has 4 heteroatoms. The first-order chi connectivity index (χ1) is 8.34. The average molecular weight is 241 g/mol. The Morgan fingerprint density at radius 2 is 1.94 bits per heavy atom. The minimum absolute atomic E-state index is 0.0111. The van der Waals surface area contributed by atoms with E-state index in [2.05, 4.69) is 5.32 Å². The lowest BCUT2D eigenvalue weighted by Gasteiger charge is -2.53. The molecule has 3 fully saturated rings. The van der Waals surface area contributed by atoms with Crippen molar-refractivity contribution in [2.75, 3.05) is 33.5 Å². The Bertz CT molecular complexity index is 259. The van der Waals surface area contributed by atoms with Crippen molar-refractivity contribution in [3.63, 3.8) is 0 Å². The van der Waals surface area contributed by atoms with E-state index in [0.29, 0.717) is 12.1 Å². The summed E-state index contributed by atoms with van der Waals surface area (Å²) in [6.45, 7) is 3.35. The fraction of sp³-hybridized carbons (Fsp3) is 1.00. The van der Waals surface area contributed by atoms with Gasteiger partial charge in [0.15, 0.2) is 0 Å². The Morgan fingerprint density at radius 1 is 1.18 bits per heavy atom. The number of ether oxygens (including phenoxy) is 3. The molecule has 1 N–H and O–H groups in total. The summed E-state index contributed by atoms with van der Waals surface area (Å²) >= 11 is 0. The highest BCUT2D eigenvalue weighted by Crippen LogP contribution is 2.38. The van der Waals surface area contributed by atoms with Crippen molar-refractivity contribution in [1.82, 2.24) is 5.32 Å². The lowest BCUT2D eigenvalue weighted by molar-refractivity contribution is -0.246. The van der Waals surface area contributed by atoms with Crippen molar-refractivity contribution in [2.24, 2.45) is 5.92 Å². The van der Waals surface area contributed by atoms with E-state index in [0.717, 1.165) is 32.3 Å². The maximum Gasteiger partial charge on any atom is 0.130 e. The van der Waals surface area contributed by atoms with Crippen LogP contribution in [0.5, 0.6) is 0 Å². The molecule has 3 aliphatic rings. The average Bonchev–Trinajstić information content (AvgIpc) is 2.37. The molecule has 0 aromatic heterocycles. The van der Waals surface area contributed by atoms with Gasteiger partial charge in [-0.15, -0.1) is 0 Å². The van der Waals surface area contributed by atoms with Crippen LogP contribution in [0.25, 0.3) is 0 Å². The van der Waals surface area contributed by atoms with Gasteiger partial charge in [-0.3, -0.25) is 0 Å². The number of methoxy groups -OCH3 is 1. The van der Waals surface area contributed by atoms with Crippen molar-refractivity contribution in [1.29, 1.82) is 0 Å². The monoisotopic (exact) mass is 241 g/mol. The summed E-state index contributed by atoms with van der Waals surface area (Å²) < 4.78 is 16.8. The Morgan fingerprint density at radius 3 is 2.53 bits per heavy atom. The predicted molar refractivity (Wildman–Crippen MR) is 64.0 cm³/mol. The fourth-order valence-corrected chi connectivity index (χ4v) is 3.56. The topological polar surface area (TPSA) is 39.7 Å². The third-order valence-corrected chi connectivity index (χ3v) is 4.64. The highest BCUT2D eigenvalue weighted by atomic mass is 16.6. The first kappa shape index (κ1) is 11.9. The van der Waals surface area contributed by atoms with Crippen molar-refractivity contribution in [3.8, 4) is 0 Å². The Kier molecular flexibility index (Phi) is 3.39. The summed E-state index contributed by atoms with van der Waals surface area (Å²) in [4.78, 5) is 0. The number of hydrogen-bond acceptors (Lipinski definition) is 4. The first-order valence-electron chi connectivity index (χ1n) is 6.82. The van der Waals surface area contributed by atoms with Crippen LogP contribution in [0.1, 0.15) is 25.7 Å². The summed E-state index contributed by atoms with van der Waals surface area (Å²) in [5, 5.41) is 3.67. The molecular formula is C13H23NO3. The van der Waals surface area contributed by atoms with Crippen LogP contribution in [0, 0.1) is 5.92 Å². The molecule has 1 saturated carbocycles. The zero-order chi connectivity index (χ0) is 11.7. The molecule has 1 spiro atoms. The van der Waals surface area contributed by atoms with E-state index in [-0.39, 0.29) is 5.60 Å². The highest BCUT2D eigenvalue weighted by molar-refractivity contribution is 5.04. The zero-order valence-electron chi connectivity index (χ0n) is 10.6. The van der Waals surface area contributed by atoms with Gasteiger partial charge in [-0.2, -0.15) is 0 Å². The highest BCUT2D eigenvalue weighted by Gasteiger charge is 2.51. The summed E-state index contributed by atoms with van der Waals surface area (Å²) in [5.41, 5.74) is -0.0111. The second-order valence-corrected chi connectivity index (χ2v) is 5.61. The molecule has 1 atom stereocenters. The molecule has 0 aromatic carbocycles. The normalized spacial score (nSPS) is 41.1. The van der Waals surface area contributed by atoms with Gasteiger partial charge in [0.2, 0.25) is 0 Å². The molecule has 3 rings (SSSR count). The largest absolute Gasteiger partial charge is 0.381 e. The molecule has 1 unspecified atom stereocenters. The van der Waals surface area contributed by atoms with Crippen LogP contribution >= 0.6 is 0 Å². The summed E-state index contributed by atoms with van der Waals surface area (Å²) in [7, 11) is 1.83. The van der Waals surface area contributed by atoms with Gasteiger partial charge >= 0.3 is 0 Å². The van der Waals surface area contributed by atoms with Gasteiger partial charge in [-0.25, -0.2) is 0 Å². The third-order valence-electron chi connectivity index (χ3n) is 4.64. The Hall–Kier alpha value is -0.160. The smallest absolute Gasteiger partial charge is 0.130 e. The fourth-order valence-electron chi connectivity index (χ4n) is 3.56. The molecule has 2 heterocycles. The zero-order valence-corrected chi connectivity index (χ0v) is 10.6. The van der Waals surface area contributed by atoms with Crippen LogP contribution in [0.15, 0.2) is 0 Å². The van der Waals surface area contributed by atoms with Crippen LogP contribution in [0.3, 0.4) is 0 Å². The van der Waals surface area contributed by atoms with E-state index in [4.69, 9.17) is 14.2 Å². The van der Waals surface area contributed by atoms with E-state index < -0.39 is 0 Å². The van der Waals surface area contributed by atoms with Gasteiger partial charge in [0.05, 0.1) is 25.9 Å². The number of morpholine rings is 1. The molecule has 0 amide bonds. The number of hydrogen-bond donors (Lipinski definition) is 1. The van der Waals surface area contributed by atoms with E-state index in [1.165, 1.54) is 25.7 Å². The van der Waals surface area contributed by atoms with Gasteiger partial charge in [-0.1, -0.05) is 0 Å². The predicted octanol–water partition coefficient (Wildman–Crippen LogP) is 0.949. The van der Waals surface area contributed by atoms with Crippen LogP contribution in [0.2, 0.25) is 0 Å². The summed E-state index contributed by atoms with van der Waals surface area (Å²) in [6.07, 6.45) is 5.36. The molecule has 2 aliphatic heterocycles. The van der Waals surface area contributed by atoms with Gasteiger partial charge in [0.1, 0.15) is 5.60 Å². The minimum atomic E-state index is -0.0111. The van der Waals surface area contributed by atoms with Crippen molar-refractivity contribution >= 4 is 0 Å². The van der Waals surface area contributed by atoms with Crippen LogP contribution in [-0.4, -0.2) is 51.2 Å². The Balaban J connectivity index is 1.63. The van der Waals surface area contributed by atoms with Crippen molar-refractivity contribution in [3.05, 3.63) is 0 Å². The van der Waals surface area contributed by atoms with Gasteiger partial charge in [-0.05, 0) is 31.6 Å². The van der Waals surface area contributed by atoms with Gasteiger partial charge in [0.25, 0.3) is 0 Å². The molecule has 4 nitrogen and oxygen atoms in total. The quantitative estimate of drug-likeness (QED) is 0.781. The maximum atomic E-state index is 6.00. The van der Waals surface area contributed by atoms with E-state index in [1.54, 1.807) is 0 Å². The first-order valence-corrected chi connectivity index (χ1v) is 6.82. The second-order valence-electron chi connectivity index (χ2n) is 5.61. The standard InChI is InChI=1S/C13H23NO3/c1-15-11-4-2-10(3-5-11)12-13(8-16-9-13)17-7-6-14-12/h10-12,14H,2-9H2,1H3. The molecule has 98 valence electrons. The molecular weight excluding hydrogens is 218 g/mol. The van der Waals surface area contributed by atoms with E-state index in [1.807, 2.05) is 7.11 Å². The molecule has 17 heavy (non-hydrogen) atoms. The van der Waals surface area contributed by atoms with Crippen LogP contribution < -0.4 is 5.32 Å². The van der Waals surface area contributed by atoms with E-state index >= 15 is 0 Å². The lowest BCUT2D eigenvalue weighted by Crippen LogP contribution is -2.70. The van der Waals surface area contributed by atoms with Crippen LogP contribution in [-0.2, 0) is 14.2 Å². The lowest BCUT2D eigenvalue weighted by atomic mass is 9.74. The molecule has 2 saturated heterocycles. The Labute approximate surface area is 103 Å². The van der Waals surface area contributed by atoms with Crippen molar-refractivity contribution in [2.45, 2.75) is 43.4 Å². The summed E-state index contributed by atoms with van der Waals surface area (Å²) in [6, 6.07) is 0.489. The molecule has 0 radical (unpaired) electrons. The third kappa shape index (κ3) is 2.12. The summed E-state index contributed by atoms with van der Waals surface area (Å²) in [5.74, 6) is 0.727. The van der Waals surface area contributed by atoms with Gasteiger partial charge in [0, 0.05) is 19.7 Å². The second kappa shape index (κ2) is 4.84. The minimum Gasteiger partial charge on any atom is -0.381 e. The van der Waals surface area contributed by atoms with Crippen molar-refractivity contribution < 1.29 is 14.2 Å². The van der Waals surface area contributed by atoms with Crippen LogP contribution in [0.4, 0.5) is 0 Å².